The molecule has 1 saturated heterocycles. The van der Waals surface area contributed by atoms with E-state index in [1.807, 2.05) is 0 Å². The van der Waals surface area contributed by atoms with Gasteiger partial charge in [0.2, 0.25) is 5.96 Å². The standard InChI is InChI=1S/C32H32F3N5O5/c1-39(2)28(42)22-8-10-23(11-9-22)29(43)40-16-14-21(15-17-40)25-13-12-24(18-26(25)32(33,34)35)27(41)37-30(36)38-31(44)45-19-20-6-4-3-5-7-20/h3-13,18,21H,14-17,19H2,1-2H3,(H3,36,37,38,41,44). The van der Waals surface area contributed by atoms with Gasteiger partial charge < -0.3 is 20.3 Å². The Labute approximate surface area is 257 Å². The van der Waals surface area contributed by atoms with Crippen molar-refractivity contribution in [1.29, 1.82) is 0 Å². The number of carbonyl (C=O) groups excluding carboxylic acids is 4. The Morgan fingerprint density at radius 2 is 1.53 bits per heavy atom. The maximum Gasteiger partial charge on any atom is 0.437 e. The molecule has 3 aromatic carbocycles. The number of hydrogen-bond acceptors (Lipinski definition) is 5. The van der Waals surface area contributed by atoms with Crippen molar-refractivity contribution in [3.8, 4) is 0 Å². The molecule has 0 radical (unpaired) electrons. The molecule has 0 unspecified atom stereocenters. The second-order valence-electron chi connectivity index (χ2n) is 10.6. The molecule has 0 aliphatic carbocycles. The number of amides is 4. The summed E-state index contributed by atoms with van der Waals surface area (Å²) in [5.74, 6) is -2.60. The minimum atomic E-state index is -4.76. The average molecular weight is 624 g/mol. The fraction of sp³-hybridized carbons (Fsp3) is 0.281. The summed E-state index contributed by atoms with van der Waals surface area (Å²) >= 11 is 0. The first kappa shape index (κ1) is 32.7. The maximum absolute atomic E-state index is 14.1. The molecule has 1 aliphatic heterocycles. The third-order valence-electron chi connectivity index (χ3n) is 7.29. The quantitative estimate of drug-likeness (QED) is 0.299. The first-order valence-electron chi connectivity index (χ1n) is 14.0. The number of guanidine groups is 1. The molecule has 1 heterocycles. The number of nitrogens with zero attached hydrogens (tertiary/aromatic N) is 3. The second kappa shape index (κ2) is 14.1. The van der Waals surface area contributed by atoms with Gasteiger partial charge in [0.15, 0.2) is 0 Å². The Bertz CT molecular complexity index is 1580. The van der Waals surface area contributed by atoms with Gasteiger partial charge in [-0.15, -0.1) is 4.99 Å². The van der Waals surface area contributed by atoms with Gasteiger partial charge in [-0.05, 0) is 66.3 Å². The summed E-state index contributed by atoms with van der Waals surface area (Å²) in [5, 5.41) is 2.11. The molecule has 0 atom stereocenters. The van der Waals surface area contributed by atoms with Crippen molar-refractivity contribution < 1.29 is 37.1 Å². The van der Waals surface area contributed by atoms with Crippen LogP contribution in [0.5, 0.6) is 0 Å². The van der Waals surface area contributed by atoms with Crippen molar-refractivity contribution in [3.05, 3.63) is 106 Å². The van der Waals surface area contributed by atoms with Crippen molar-refractivity contribution >= 4 is 29.8 Å². The van der Waals surface area contributed by atoms with E-state index in [-0.39, 0.29) is 55.5 Å². The predicted octanol–water partition coefficient (Wildman–Crippen LogP) is 4.81. The number of likely N-dealkylation sites (tertiary alicyclic amines) is 1. The third-order valence-corrected chi connectivity index (χ3v) is 7.29. The van der Waals surface area contributed by atoms with Crippen molar-refractivity contribution in [3.63, 3.8) is 0 Å². The van der Waals surface area contributed by atoms with Crippen LogP contribution >= 0.6 is 0 Å². The molecular formula is C32H32F3N5O5. The molecule has 0 saturated carbocycles. The zero-order valence-electron chi connectivity index (χ0n) is 24.6. The zero-order valence-corrected chi connectivity index (χ0v) is 24.6. The van der Waals surface area contributed by atoms with E-state index in [0.717, 1.165) is 6.07 Å². The van der Waals surface area contributed by atoms with Crippen molar-refractivity contribution in [2.45, 2.75) is 31.5 Å². The normalized spacial score (nSPS) is 14.1. The summed E-state index contributed by atoms with van der Waals surface area (Å²) in [6, 6.07) is 18.2. The number of carbonyl (C=O) groups is 4. The molecule has 1 aliphatic rings. The number of rotatable bonds is 6. The van der Waals surface area contributed by atoms with Gasteiger partial charge in [-0.2, -0.15) is 13.2 Å². The third kappa shape index (κ3) is 8.46. The lowest BCUT2D eigenvalue weighted by molar-refractivity contribution is -0.138. The van der Waals surface area contributed by atoms with Gasteiger partial charge in [-0.3, -0.25) is 19.7 Å². The van der Waals surface area contributed by atoms with Crippen LogP contribution in [-0.4, -0.2) is 66.8 Å². The SMILES string of the molecule is CN(C)C(=O)c1ccc(C(=O)N2CCC(c3ccc(C(=O)N/C(N)=N\C(=O)OCc4ccccc4)cc3C(F)(F)F)CC2)cc1. The van der Waals surface area contributed by atoms with Crippen LogP contribution in [-0.2, 0) is 17.5 Å². The molecule has 3 N–H and O–H groups in total. The lowest BCUT2D eigenvalue weighted by atomic mass is 9.85. The molecule has 0 aromatic heterocycles. The number of aliphatic imine (C=N–C) groups is 1. The summed E-state index contributed by atoms with van der Waals surface area (Å²) in [7, 11) is 3.25. The highest BCUT2D eigenvalue weighted by atomic mass is 19.4. The topological polar surface area (TPSA) is 134 Å². The molecule has 0 bridgehead atoms. The molecule has 4 amide bonds. The van der Waals surface area contributed by atoms with E-state index in [9.17, 15) is 32.3 Å². The van der Waals surface area contributed by atoms with E-state index >= 15 is 0 Å². The van der Waals surface area contributed by atoms with Crippen molar-refractivity contribution in [2.24, 2.45) is 10.7 Å². The highest BCUT2D eigenvalue weighted by molar-refractivity contribution is 6.07. The number of benzene rings is 3. The lowest BCUT2D eigenvalue weighted by Gasteiger charge is -2.33. The number of halogens is 3. The highest BCUT2D eigenvalue weighted by Crippen LogP contribution is 2.39. The van der Waals surface area contributed by atoms with Crippen molar-refractivity contribution in [1.82, 2.24) is 15.1 Å². The maximum atomic E-state index is 14.1. The van der Waals surface area contributed by atoms with Gasteiger partial charge in [0, 0.05) is 43.9 Å². The Morgan fingerprint density at radius 3 is 2.13 bits per heavy atom. The fourth-order valence-electron chi connectivity index (χ4n) is 4.96. The van der Waals surface area contributed by atoms with Crippen LogP contribution in [0.15, 0.2) is 77.8 Å². The van der Waals surface area contributed by atoms with Gasteiger partial charge in [0.1, 0.15) is 6.61 Å². The lowest BCUT2D eigenvalue weighted by Crippen LogP contribution is -2.38. The van der Waals surface area contributed by atoms with Gasteiger partial charge in [0.25, 0.3) is 17.7 Å². The number of ether oxygens (including phenoxy) is 1. The van der Waals surface area contributed by atoms with Gasteiger partial charge >= 0.3 is 12.3 Å². The van der Waals surface area contributed by atoms with E-state index < -0.39 is 35.6 Å². The van der Waals surface area contributed by atoms with Crippen LogP contribution in [0.1, 0.15) is 66.5 Å². The second-order valence-corrected chi connectivity index (χ2v) is 10.6. The number of alkyl halides is 3. The molecule has 3 aromatic rings. The van der Waals surface area contributed by atoms with Crippen LogP contribution in [0.4, 0.5) is 18.0 Å². The molecular weight excluding hydrogens is 591 g/mol. The number of nitrogens with two attached hydrogens (primary N) is 1. The van der Waals surface area contributed by atoms with E-state index in [1.54, 1.807) is 73.6 Å². The summed E-state index contributed by atoms with van der Waals surface area (Å²) in [6.07, 6.45) is -5.28. The Hall–Kier alpha value is -5.20. The summed E-state index contributed by atoms with van der Waals surface area (Å²) in [6.45, 7) is 0.379. The Morgan fingerprint density at radius 1 is 0.933 bits per heavy atom. The molecule has 4 rings (SSSR count). The summed E-state index contributed by atoms with van der Waals surface area (Å²) in [5.41, 5.74) is 5.84. The van der Waals surface area contributed by atoms with Crippen LogP contribution in [0.3, 0.4) is 0 Å². The van der Waals surface area contributed by atoms with E-state index in [2.05, 4.69) is 10.3 Å². The highest BCUT2D eigenvalue weighted by Gasteiger charge is 2.37. The monoisotopic (exact) mass is 623 g/mol. The number of hydrogen-bond donors (Lipinski definition) is 2. The largest absolute Gasteiger partial charge is 0.443 e. The predicted molar refractivity (Wildman–Crippen MR) is 159 cm³/mol. The number of nitrogens with one attached hydrogen (secondary N) is 1. The minimum absolute atomic E-state index is 0.0174. The molecule has 45 heavy (non-hydrogen) atoms. The molecule has 13 heteroatoms. The Kier molecular flexibility index (Phi) is 10.2. The zero-order chi connectivity index (χ0) is 32.7. The molecule has 1 fully saturated rings. The Balaban J connectivity index is 1.39. The van der Waals surface area contributed by atoms with E-state index in [1.165, 1.54) is 17.0 Å². The van der Waals surface area contributed by atoms with Crippen molar-refractivity contribution in [2.75, 3.05) is 27.2 Å². The minimum Gasteiger partial charge on any atom is -0.443 e. The van der Waals surface area contributed by atoms with Gasteiger partial charge in [-0.1, -0.05) is 36.4 Å². The van der Waals surface area contributed by atoms with Crippen LogP contribution in [0.25, 0.3) is 0 Å². The first-order chi connectivity index (χ1) is 21.3. The van der Waals surface area contributed by atoms with Gasteiger partial charge in [-0.25, -0.2) is 4.79 Å². The molecule has 236 valence electrons. The number of piperidine rings is 1. The molecule has 10 nitrogen and oxygen atoms in total. The van der Waals surface area contributed by atoms with Crippen LogP contribution in [0.2, 0.25) is 0 Å². The average Bonchev–Trinajstić information content (AvgIpc) is 3.03. The smallest absolute Gasteiger partial charge is 0.437 e. The van der Waals surface area contributed by atoms with Gasteiger partial charge in [0.05, 0.1) is 5.56 Å². The van der Waals surface area contributed by atoms with E-state index in [4.69, 9.17) is 10.5 Å². The van der Waals surface area contributed by atoms with E-state index in [0.29, 0.717) is 16.7 Å². The first-order valence-corrected chi connectivity index (χ1v) is 14.0. The van der Waals surface area contributed by atoms with Crippen LogP contribution < -0.4 is 11.1 Å². The molecule has 0 spiro atoms. The summed E-state index contributed by atoms with van der Waals surface area (Å²) in [4.78, 5) is 56.1. The fourth-order valence-corrected chi connectivity index (χ4v) is 4.96. The van der Waals surface area contributed by atoms with Crippen LogP contribution in [0, 0.1) is 0 Å². The summed E-state index contributed by atoms with van der Waals surface area (Å²) < 4.78 is 47.4.